The monoisotopic (exact) mass is 401 g/mol. The number of hydrogen-bond donors (Lipinski definition) is 0. The second kappa shape index (κ2) is 5.74. The fourth-order valence-corrected chi connectivity index (χ4v) is 5.18. The maximum Gasteiger partial charge on any atom is 0.207 e. The van der Waals surface area contributed by atoms with Gasteiger partial charge in [0.1, 0.15) is 0 Å². The van der Waals surface area contributed by atoms with Crippen LogP contribution >= 0.6 is 27.7 Å². The van der Waals surface area contributed by atoms with Crippen LogP contribution in [0.15, 0.2) is 62.8 Å². The first kappa shape index (κ1) is 15.9. The molecule has 0 amide bonds. The average Bonchev–Trinajstić information content (AvgIpc) is 2.84. The van der Waals surface area contributed by atoms with E-state index in [1.165, 1.54) is 11.8 Å². The number of thioether (sulfide) groups is 1. The second-order valence-electron chi connectivity index (χ2n) is 6.23. The zero-order valence-electron chi connectivity index (χ0n) is 13.4. The zero-order chi connectivity index (χ0) is 17.0. The molecule has 0 saturated heterocycles. The Kier molecular flexibility index (Phi) is 3.81. The van der Waals surface area contributed by atoms with Crippen LogP contribution < -0.4 is 0 Å². The molecule has 0 spiro atoms. The normalized spacial score (nSPS) is 25.5. The van der Waals surface area contributed by atoms with Crippen LogP contribution in [0.3, 0.4) is 0 Å². The molecule has 3 aliphatic heterocycles. The van der Waals surface area contributed by atoms with E-state index in [9.17, 15) is 9.59 Å². The van der Waals surface area contributed by atoms with E-state index in [1.807, 2.05) is 44.2 Å². The van der Waals surface area contributed by atoms with Crippen molar-refractivity contribution in [3.8, 4) is 0 Å². The lowest BCUT2D eigenvalue weighted by atomic mass is 9.96. The van der Waals surface area contributed by atoms with Crippen molar-refractivity contribution in [1.29, 1.82) is 0 Å². The third-order valence-corrected chi connectivity index (χ3v) is 6.66. The molecular formula is C19H16BrNO2S. The number of benzene rings is 1. The van der Waals surface area contributed by atoms with Gasteiger partial charge in [0.15, 0.2) is 5.78 Å². The lowest BCUT2D eigenvalue weighted by Crippen LogP contribution is -2.47. The Hall–Kier alpha value is -1.59. The van der Waals surface area contributed by atoms with Crippen molar-refractivity contribution in [3.63, 3.8) is 0 Å². The highest BCUT2D eigenvalue weighted by Crippen LogP contribution is 2.47. The van der Waals surface area contributed by atoms with Crippen molar-refractivity contribution in [2.75, 3.05) is 0 Å². The van der Waals surface area contributed by atoms with Gasteiger partial charge in [-0.3, -0.25) is 9.59 Å². The van der Waals surface area contributed by atoms with E-state index in [-0.39, 0.29) is 22.9 Å². The zero-order valence-corrected chi connectivity index (χ0v) is 15.8. The van der Waals surface area contributed by atoms with Crippen molar-refractivity contribution in [2.45, 2.75) is 31.6 Å². The summed E-state index contributed by atoms with van der Waals surface area (Å²) in [4.78, 5) is 28.7. The number of halogens is 1. The van der Waals surface area contributed by atoms with E-state index in [2.05, 4.69) is 26.9 Å². The summed E-state index contributed by atoms with van der Waals surface area (Å²) in [5, 5.41) is -0.200. The van der Waals surface area contributed by atoms with Gasteiger partial charge in [-0.2, -0.15) is 0 Å². The van der Waals surface area contributed by atoms with Gasteiger partial charge < -0.3 is 4.90 Å². The van der Waals surface area contributed by atoms with Crippen LogP contribution in [0.25, 0.3) is 0 Å². The van der Waals surface area contributed by atoms with Crippen LogP contribution in [0.2, 0.25) is 0 Å². The highest BCUT2D eigenvalue weighted by Gasteiger charge is 2.47. The van der Waals surface area contributed by atoms with Gasteiger partial charge in [0.2, 0.25) is 5.78 Å². The molecule has 3 aliphatic rings. The Morgan fingerprint density at radius 2 is 1.96 bits per heavy atom. The number of carbonyl (C=O) groups is 2. The first-order valence-electron chi connectivity index (χ1n) is 7.87. The molecule has 0 N–H and O–H groups in total. The van der Waals surface area contributed by atoms with Gasteiger partial charge >= 0.3 is 0 Å². The first-order chi connectivity index (χ1) is 11.5. The molecule has 0 aromatic heterocycles. The summed E-state index contributed by atoms with van der Waals surface area (Å²) in [5.74, 6) is 0.226. The average molecular weight is 402 g/mol. The molecule has 2 atom stereocenters. The van der Waals surface area contributed by atoms with Crippen LogP contribution in [0.4, 0.5) is 0 Å². The van der Waals surface area contributed by atoms with Crippen molar-refractivity contribution in [3.05, 3.63) is 68.3 Å². The maximum absolute atomic E-state index is 13.1. The third kappa shape index (κ3) is 2.25. The largest absolute Gasteiger partial charge is 0.332 e. The van der Waals surface area contributed by atoms with Gasteiger partial charge in [-0.1, -0.05) is 34.1 Å². The Morgan fingerprint density at radius 1 is 1.25 bits per heavy atom. The predicted molar refractivity (Wildman–Crippen MR) is 99.6 cm³/mol. The molecule has 0 radical (unpaired) electrons. The molecule has 0 unspecified atom stereocenters. The summed E-state index contributed by atoms with van der Waals surface area (Å²) in [6.07, 6.45) is 4.88. The van der Waals surface area contributed by atoms with Crippen LogP contribution in [-0.2, 0) is 4.79 Å². The van der Waals surface area contributed by atoms with Crippen molar-refractivity contribution in [2.24, 2.45) is 0 Å². The van der Waals surface area contributed by atoms with E-state index in [1.54, 1.807) is 0 Å². The molecule has 0 bridgehead atoms. The van der Waals surface area contributed by atoms with Crippen LogP contribution in [0, 0.1) is 0 Å². The molecule has 0 aliphatic carbocycles. The number of allylic oxidation sites excluding steroid dienone is 3. The van der Waals surface area contributed by atoms with E-state index in [4.69, 9.17) is 0 Å². The number of nitrogens with zero attached hydrogens (tertiary/aromatic N) is 1. The molecule has 1 aromatic rings. The SMILES string of the molecule is CC1=C2C(=O)C(C)=C3C=CC[C@@H]([C@H](C(=O)c4ccc(Br)cc4)S1)N32. The highest BCUT2D eigenvalue weighted by molar-refractivity contribution is 9.10. The third-order valence-electron chi connectivity index (χ3n) is 4.80. The topological polar surface area (TPSA) is 37.4 Å². The van der Waals surface area contributed by atoms with Crippen molar-refractivity contribution in [1.82, 2.24) is 4.90 Å². The fourth-order valence-electron chi connectivity index (χ4n) is 3.60. The Morgan fingerprint density at radius 3 is 2.67 bits per heavy atom. The van der Waals surface area contributed by atoms with Crippen LogP contribution in [-0.4, -0.2) is 27.8 Å². The molecule has 3 nitrogen and oxygen atoms in total. The molecular weight excluding hydrogens is 386 g/mol. The second-order valence-corrected chi connectivity index (χ2v) is 8.50. The van der Waals surface area contributed by atoms with Crippen molar-refractivity contribution >= 4 is 39.3 Å². The van der Waals surface area contributed by atoms with E-state index < -0.39 is 0 Å². The van der Waals surface area contributed by atoms with E-state index in [0.717, 1.165) is 32.8 Å². The van der Waals surface area contributed by atoms with E-state index >= 15 is 0 Å². The number of carbonyl (C=O) groups excluding carboxylic acids is 2. The van der Waals surface area contributed by atoms with Crippen molar-refractivity contribution < 1.29 is 9.59 Å². The first-order valence-corrected chi connectivity index (χ1v) is 9.55. The number of rotatable bonds is 2. The lowest BCUT2D eigenvalue weighted by Gasteiger charge is -2.42. The quantitative estimate of drug-likeness (QED) is 0.685. The Balaban J connectivity index is 1.77. The van der Waals surface area contributed by atoms with Crippen LogP contribution in [0.5, 0.6) is 0 Å². The summed E-state index contributed by atoms with van der Waals surface area (Å²) >= 11 is 4.95. The lowest BCUT2D eigenvalue weighted by molar-refractivity contribution is -0.112. The standard InChI is InChI=1S/C19H16BrNO2S/c1-10-14-4-3-5-15-19(18(23)12-6-8-13(20)9-7-12)24-11(2)16(17(10)22)21(14)15/h3-4,6-9,15,19H,5H2,1-2H3/t15-,19+/m0/s1. The smallest absolute Gasteiger partial charge is 0.207 e. The summed E-state index contributed by atoms with van der Waals surface area (Å²) in [6.45, 7) is 3.82. The predicted octanol–water partition coefficient (Wildman–Crippen LogP) is 4.47. The molecule has 1 aromatic carbocycles. The minimum absolute atomic E-state index is 0.00578. The Bertz CT molecular complexity index is 851. The molecule has 24 heavy (non-hydrogen) atoms. The maximum atomic E-state index is 13.1. The van der Waals surface area contributed by atoms with Gasteiger partial charge in [0.05, 0.1) is 17.0 Å². The molecule has 122 valence electrons. The van der Waals surface area contributed by atoms with Gasteiger partial charge in [-0.05, 0) is 38.5 Å². The molecule has 5 heteroatoms. The molecule has 4 rings (SSSR count). The van der Waals surface area contributed by atoms with Gasteiger partial charge in [-0.25, -0.2) is 0 Å². The highest BCUT2D eigenvalue weighted by atomic mass is 79.9. The van der Waals surface area contributed by atoms with Gasteiger partial charge in [0, 0.05) is 26.2 Å². The molecule has 3 heterocycles. The Labute approximate surface area is 153 Å². The van der Waals surface area contributed by atoms with Gasteiger partial charge in [0.25, 0.3) is 0 Å². The number of Topliss-reactive ketones (excluding diaryl/α,β-unsaturated/α-hetero) is 2. The summed E-state index contributed by atoms with van der Waals surface area (Å²) in [5.41, 5.74) is 3.22. The number of ketones is 2. The minimum Gasteiger partial charge on any atom is -0.332 e. The van der Waals surface area contributed by atoms with E-state index in [0.29, 0.717) is 5.56 Å². The minimum atomic E-state index is -0.200. The molecule has 0 saturated carbocycles. The van der Waals surface area contributed by atoms with Gasteiger partial charge in [-0.15, -0.1) is 11.8 Å². The summed E-state index contributed by atoms with van der Waals surface area (Å²) < 4.78 is 0.959. The fraction of sp³-hybridized carbons (Fsp3) is 0.263. The molecule has 0 fully saturated rings. The number of hydrogen-bond acceptors (Lipinski definition) is 4. The summed E-state index contributed by atoms with van der Waals surface area (Å²) in [7, 11) is 0. The summed E-state index contributed by atoms with van der Waals surface area (Å²) in [6, 6.07) is 7.51. The van der Waals surface area contributed by atoms with Crippen LogP contribution in [0.1, 0.15) is 30.6 Å².